The molecule has 1 amide bonds. The summed E-state index contributed by atoms with van der Waals surface area (Å²) in [6, 6.07) is 9.05. The molecule has 0 unspecified atom stereocenters. The second-order valence-electron chi connectivity index (χ2n) is 4.96. The first-order valence-corrected chi connectivity index (χ1v) is 8.39. The molecule has 1 aliphatic rings. The zero-order valence-electron chi connectivity index (χ0n) is 12.2. The molecular formula is C16H13Br2NO4. The predicted molar refractivity (Wildman–Crippen MR) is 93.3 cm³/mol. The van der Waals surface area contributed by atoms with E-state index in [1.54, 1.807) is 18.2 Å². The van der Waals surface area contributed by atoms with Crippen LogP contribution in [0.2, 0.25) is 0 Å². The minimum atomic E-state index is -0.257. The highest BCUT2D eigenvalue weighted by Gasteiger charge is 2.15. The molecule has 0 saturated carbocycles. The number of hydrogen-bond acceptors (Lipinski definition) is 4. The zero-order chi connectivity index (χ0) is 16.4. The second-order valence-corrected chi connectivity index (χ2v) is 6.66. The van der Waals surface area contributed by atoms with Gasteiger partial charge < -0.3 is 19.5 Å². The van der Waals surface area contributed by atoms with E-state index < -0.39 is 0 Å². The molecule has 0 fully saturated rings. The normalized spacial score (nSPS) is 12.1. The Hall–Kier alpha value is -1.73. The standard InChI is InChI=1S/C16H13Br2NO4/c1-9-4-11(17)16(12(18)5-9)19-15(20)7-21-10-2-3-13-14(6-10)23-8-22-13/h2-6H,7-8H2,1H3,(H,19,20). The lowest BCUT2D eigenvalue weighted by Crippen LogP contribution is -2.20. The summed E-state index contributed by atoms with van der Waals surface area (Å²) in [4.78, 5) is 12.1. The lowest BCUT2D eigenvalue weighted by atomic mass is 10.2. The van der Waals surface area contributed by atoms with E-state index >= 15 is 0 Å². The van der Waals surface area contributed by atoms with Crippen LogP contribution in [0.25, 0.3) is 0 Å². The van der Waals surface area contributed by atoms with Gasteiger partial charge in [0.15, 0.2) is 18.1 Å². The number of ether oxygens (including phenoxy) is 3. The summed E-state index contributed by atoms with van der Waals surface area (Å²) in [5, 5.41) is 2.81. The first-order valence-electron chi connectivity index (χ1n) is 6.81. The lowest BCUT2D eigenvalue weighted by Gasteiger charge is -2.11. The van der Waals surface area contributed by atoms with Crippen molar-refractivity contribution in [2.24, 2.45) is 0 Å². The van der Waals surface area contributed by atoms with Gasteiger partial charge >= 0.3 is 0 Å². The topological polar surface area (TPSA) is 56.8 Å². The molecule has 120 valence electrons. The van der Waals surface area contributed by atoms with Crippen molar-refractivity contribution >= 4 is 43.5 Å². The Morgan fingerprint density at radius 1 is 1.17 bits per heavy atom. The Morgan fingerprint density at radius 2 is 1.87 bits per heavy atom. The van der Waals surface area contributed by atoms with E-state index in [4.69, 9.17) is 14.2 Å². The number of halogens is 2. The van der Waals surface area contributed by atoms with Crippen molar-refractivity contribution in [2.45, 2.75) is 6.92 Å². The van der Waals surface area contributed by atoms with Crippen LogP contribution in [0.15, 0.2) is 39.3 Å². The number of hydrogen-bond donors (Lipinski definition) is 1. The van der Waals surface area contributed by atoms with Gasteiger partial charge in [0.05, 0.1) is 5.69 Å². The first-order chi connectivity index (χ1) is 11.0. The maximum Gasteiger partial charge on any atom is 0.262 e. The van der Waals surface area contributed by atoms with Crippen LogP contribution in [0.5, 0.6) is 17.2 Å². The van der Waals surface area contributed by atoms with Crippen molar-refractivity contribution in [1.82, 2.24) is 0 Å². The number of aryl methyl sites for hydroxylation is 1. The van der Waals surface area contributed by atoms with Crippen LogP contribution in [-0.2, 0) is 4.79 Å². The number of rotatable bonds is 4. The SMILES string of the molecule is Cc1cc(Br)c(NC(=O)COc2ccc3c(c2)OCO3)c(Br)c1. The minimum Gasteiger partial charge on any atom is -0.484 e. The molecule has 2 aromatic carbocycles. The number of amides is 1. The molecule has 2 aromatic rings. The Kier molecular flexibility index (Phi) is 4.77. The molecule has 23 heavy (non-hydrogen) atoms. The van der Waals surface area contributed by atoms with Crippen LogP contribution in [0.1, 0.15) is 5.56 Å². The summed E-state index contributed by atoms with van der Waals surface area (Å²) in [6.45, 7) is 2.07. The van der Waals surface area contributed by atoms with Crippen molar-refractivity contribution in [3.8, 4) is 17.2 Å². The van der Waals surface area contributed by atoms with Gasteiger partial charge in [-0.05, 0) is 68.6 Å². The molecular weight excluding hydrogens is 430 g/mol. The van der Waals surface area contributed by atoms with Crippen LogP contribution in [0.3, 0.4) is 0 Å². The highest BCUT2D eigenvalue weighted by atomic mass is 79.9. The summed E-state index contributed by atoms with van der Waals surface area (Å²) in [5.74, 6) is 1.58. The lowest BCUT2D eigenvalue weighted by molar-refractivity contribution is -0.118. The Balaban J connectivity index is 1.62. The van der Waals surface area contributed by atoms with Crippen molar-refractivity contribution in [3.63, 3.8) is 0 Å². The number of carbonyl (C=O) groups is 1. The fourth-order valence-corrected chi connectivity index (χ4v) is 3.72. The average Bonchev–Trinajstić information content (AvgIpc) is 2.96. The van der Waals surface area contributed by atoms with E-state index in [1.165, 1.54) is 0 Å². The number of benzene rings is 2. The van der Waals surface area contributed by atoms with E-state index in [2.05, 4.69) is 37.2 Å². The highest BCUT2D eigenvalue weighted by molar-refractivity contribution is 9.11. The molecule has 5 nitrogen and oxygen atoms in total. The summed E-state index contributed by atoms with van der Waals surface area (Å²) >= 11 is 6.88. The van der Waals surface area contributed by atoms with Gasteiger partial charge in [-0.25, -0.2) is 0 Å². The quantitative estimate of drug-likeness (QED) is 0.768. The summed E-state index contributed by atoms with van der Waals surface area (Å²) in [7, 11) is 0. The summed E-state index contributed by atoms with van der Waals surface area (Å²) < 4.78 is 17.6. The van der Waals surface area contributed by atoms with Gasteiger partial charge in [-0.2, -0.15) is 0 Å². The largest absolute Gasteiger partial charge is 0.484 e. The van der Waals surface area contributed by atoms with Crippen LogP contribution >= 0.6 is 31.9 Å². The van der Waals surface area contributed by atoms with Crippen LogP contribution in [0.4, 0.5) is 5.69 Å². The molecule has 0 aromatic heterocycles. The third kappa shape index (κ3) is 3.79. The molecule has 1 N–H and O–H groups in total. The number of anilines is 1. The van der Waals surface area contributed by atoms with Gasteiger partial charge in [0.1, 0.15) is 5.75 Å². The fourth-order valence-electron chi connectivity index (χ4n) is 2.11. The van der Waals surface area contributed by atoms with Gasteiger partial charge in [-0.1, -0.05) is 0 Å². The summed E-state index contributed by atoms with van der Waals surface area (Å²) in [5.41, 5.74) is 1.76. The number of carbonyl (C=O) groups excluding carboxylic acids is 1. The third-order valence-corrected chi connectivity index (χ3v) is 4.42. The predicted octanol–water partition coefficient (Wildman–Crippen LogP) is 4.27. The molecule has 0 aliphatic carbocycles. The Bertz CT molecular complexity index is 741. The molecule has 1 aliphatic heterocycles. The molecule has 0 bridgehead atoms. The second kappa shape index (κ2) is 6.80. The molecule has 3 rings (SSSR count). The summed E-state index contributed by atoms with van der Waals surface area (Å²) in [6.07, 6.45) is 0. The van der Waals surface area contributed by atoms with E-state index in [9.17, 15) is 4.79 Å². The van der Waals surface area contributed by atoms with Gasteiger partial charge in [-0.15, -0.1) is 0 Å². The Morgan fingerprint density at radius 3 is 2.61 bits per heavy atom. The monoisotopic (exact) mass is 441 g/mol. The zero-order valence-corrected chi connectivity index (χ0v) is 15.4. The van der Waals surface area contributed by atoms with Gasteiger partial charge in [0.2, 0.25) is 6.79 Å². The van der Waals surface area contributed by atoms with Crippen molar-refractivity contribution < 1.29 is 19.0 Å². The smallest absolute Gasteiger partial charge is 0.262 e. The Labute approximate surface area is 150 Å². The molecule has 0 atom stereocenters. The van der Waals surface area contributed by atoms with E-state index in [1.807, 2.05) is 19.1 Å². The van der Waals surface area contributed by atoms with E-state index in [0.717, 1.165) is 14.5 Å². The number of nitrogens with one attached hydrogen (secondary N) is 1. The van der Waals surface area contributed by atoms with Gasteiger partial charge in [-0.3, -0.25) is 4.79 Å². The van der Waals surface area contributed by atoms with Crippen LogP contribution in [0, 0.1) is 6.92 Å². The van der Waals surface area contributed by atoms with Gasteiger partial charge in [0, 0.05) is 15.0 Å². The van der Waals surface area contributed by atoms with Crippen LogP contribution in [-0.4, -0.2) is 19.3 Å². The molecule has 0 spiro atoms. The van der Waals surface area contributed by atoms with E-state index in [-0.39, 0.29) is 19.3 Å². The maximum absolute atomic E-state index is 12.1. The fraction of sp³-hybridized carbons (Fsp3) is 0.188. The third-order valence-electron chi connectivity index (χ3n) is 3.16. The maximum atomic E-state index is 12.1. The number of fused-ring (bicyclic) bond motifs is 1. The van der Waals surface area contributed by atoms with Gasteiger partial charge in [0.25, 0.3) is 5.91 Å². The first kappa shape index (κ1) is 16.1. The van der Waals surface area contributed by atoms with Crippen molar-refractivity contribution in [1.29, 1.82) is 0 Å². The van der Waals surface area contributed by atoms with E-state index in [0.29, 0.717) is 22.9 Å². The van der Waals surface area contributed by atoms with Crippen molar-refractivity contribution in [3.05, 3.63) is 44.8 Å². The molecule has 7 heteroatoms. The molecule has 0 radical (unpaired) electrons. The average molecular weight is 443 g/mol. The van der Waals surface area contributed by atoms with Crippen LogP contribution < -0.4 is 19.5 Å². The van der Waals surface area contributed by atoms with Crippen molar-refractivity contribution in [2.75, 3.05) is 18.7 Å². The highest BCUT2D eigenvalue weighted by Crippen LogP contribution is 2.35. The molecule has 1 heterocycles. The minimum absolute atomic E-state index is 0.105. The molecule has 0 saturated heterocycles.